The summed E-state index contributed by atoms with van der Waals surface area (Å²) in [6.07, 6.45) is 5.49. The van der Waals surface area contributed by atoms with E-state index in [1.54, 1.807) is 6.20 Å². The van der Waals surface area contributed by atoms with Gasteiger partial charge in [-0.05, 0) is 18.1 Å². The van der Waals surface area contributed by atoms with Crippen LogP contribution >= 0.6 is 0 Å². The molecule has 0 aliphatic heterocycles. The highest BCUT2D eigenvalue weighted by atomic mass is 15.1. The van der Waals surface area contributed by atoms with Crippen LogP contribution < -0.4 is 5.73 Å². The van der Waals surface area contributed by atoms with E-state index in [0.717, 1.165) is 5.69 Å². The average molecular weight is 202 g/mol. The van der Waals surface area contributed by atoms with Crippen molar-refractivity contribution >= 4 is 5.69 Å². The predicted molar refractivity (Wildman–Crippen MR) is 59.9 cm³/mol. The van der Waals surface area contributed by atoms with Crippen LogP contribution in [0.5, 0.6) is 0 Å². The fourth-order valence-corrected chi connectivity index (χ4v) is 1.45. The summed E-state index contributed by atoms with van der Waals surface area (Å²) in [6, 6.07) is 3.88. The van der Waals surface area contributed by atoms with Gasteiger partial charge in [-0.1, -0.05) is 13.8 Å². The zero-order valence-corrected chi connectivity index (χ0v) is 8.88. The average Bonchev–Trinajstić information content (AvgIpc) is 2.71. The fourth-order valence-electron chi connectivity index (χ4n) is 1.45. The smallest absolute Gasteiger partial charge is 0.233 e. The summed E-state index contributed by atoms with van der Waals surface area (Å²) in [6.45, 7) is 4.14. The van der Waals surface area contributed by atoms with Gasteiger partial charge in [0, 0.05) is 12.4 Å². The molecule has 0 spiro atoms. The number of rotatable bonds is 2. The molecule has 0 fully saturated rings. The molecule has 0 unspecified atom stereocenters. The Kier molecular flexibility index (Phi) is 2.41. The first-order valence-electron chi connectivity index (χ1n) is 4.94. The summed E-state index contributed by atoms with van der Waals surface area (Å²) in [7, 11) is 0. The summed E-state index contributed by atoms with van der Waals surface area (Å²) in [5, 5.41) is 0. The van der Waals surface area contributed by atoms with Crippen LogP contribution in [0.1, 0.15) is 25.5 Å². The molecule has 0 aliphatic carbocycles. The molecular formula is C11H14N4. The van der Waals surface area contributed by atoms with Gasteiger partial charge in [0.05, 0.1) is 17.6 Å². The van der Waals surface area contributed by atoms with E-state index >= 15 is 0 Å². The number of nitrogens with zero attached hydrogens (tertiary/aromatic N) is 3. The minimum atomic E-state index is 0.308. The summed E-state index contributed by atoms with van der Waals surface area (Å²) >= 11 is 0. The molecule has 4 nitrogen and oxygen atoms in total. The van der Waals surface area contributed by atoms with Gasteiger partial charge >= 0.3 is 0 Å². The lowest BCUT2D eigenvalue weighted by Crippen LogP contribution is -2.06. The van der Waals surface area contributed by atoms with Crippen molar-refractivity contribution in [2.24, 2.45) is 0 Å². The maximum absolute atomic E-state index is 5.81. The van der Waals surface area contributed by atoms with Gasteiger partial charge in [-0.2, -0.15) is 0 Å². The first-order valence-corrected chi connectivity index (χ1v) is 4.94. The van der Waals surface area contributed by atoms with Crippen LogP contribution in [0.3, 0.4) is 0 Å². The van der Waals surface area contributed by atoms with Crippen molar-refractivity contribution in [3.8, 4) is 5.95 Å². The van der Waals surface area contributed by atoms with Crippen molar-refractivity contribution < 1.29 is 0 Å². The van der Waals surface area contributed by atoms with Crippen LogP contribution in [0, 0.1) is 0 Å². The molecule has 4 heteroatoms. The summed E-state index contributed by atoms with van der Waals surface area (Å²) in [4.78, 5) is 8.63. The lowest BCUT2D eigenvalue weighted by Gasteiger charge is -2.09. The Balaban J connectivity index is 2.48. The van der Waals surface area contributed by atoms with E-state index in [1.165, 1.54) is 0 Å². The van der Waals surface area contributed by atoms with Gasteiger partial charge in [-0.25, -0.2) is 9.97 Å². The van der Waals surface area contributed by atoms with Gasteiger partial charge in [-0.15, -0.1) is 0 Å². The van der Waals surface area contributed by atoms with Crippen molar-refractivity contribution in [3.05, 3.63) is 36.4 Å². The molecule has 0 saturated carbocycles. The SMILES string of the molecule is CC(C)c1nc(-n2cccc2)ncc1N. The zero-order valence-electron chi connectivity index (χ0n) is 8.88. The van der Waals surface area contributed by atoms with E-state index in [1.807, 2.05) is 29.1 Å². The van der Waals surface area contributed by atoms with E-state index in [0.29, 0.717) is 17.6 Å². The van der Waals surface area contributed by atoms with E-state index in [4.69, 9.17) is 5.73 Å². The summed E-state index contributed by atoms with van der Waals surface area (Å²) in [5.74, 6) is 0.972. The van der Waals surface area contributed by atoms with Crippen molar-refractivity contribution in [2.75, 3.05) is 5.73 Å². The van der Waals surface area contributed by atoms with Gasteiger partial charge in [0.2, 0.25) is 5.95 Å². The normalized spacial score (nSPS) is 10.9. The molecule has 2 heterocycles. The highest BCUT2D eigenvalue weighted by molar-refractivity contribution is 5.43. The molecule has 0 atom stereocenters. The fraction of sp³-hybridized carbons (Fsp3) is 0.273. The molecule has 0 aromatic carbocycles. The zero-order chi connectivity index (χ0) is 10.8. The maximum Gasteiger partial charge on any atom is 0.233 e. The highest BCUT2D eigenvalue weighted by Gasteiger charge is 2.08. The minimum Gasteiger partial charge on any atom is -0.396 e. The summed E-state index contributed by atoms with van der Waals surface area (Å²) in [5.41, 5.74) is 7.36. The van der Waals surface area contributed by atoms with E-state index in [9.17, 15) is 0 Å². The Hall–Kier alpha value is -1.84. The standard InChI is InChI=1S/C11H14N4/c1-8(2)10-9(12)7-13-11(14-10)15-5-3-4-6-15/h3-8H,12H2,1-2H3. The van der Waals surface area contributed by atoms with Crippen LogP contribution in [0.2, 0.25) is 0 Å². The van der Waals surface area contributed by atoms with Gasteiger partial charge < -0.3 is 5.73 Å². The van der Waals surface area contributed by atoms with Crippen LogP contribution in [0.4, 0.5) is 5.69 Å². The maximum atomic E-state index is 5.81. The van der Waals surface area contributed by atoms with Gasteiger partial charge in [0.15, 0.2) is 0 Å². The molecule has 0 amide bonds. The number of nitrogen functional groups attached to an aromatic ring is 1. The van der Waals surface area contributed by atoms with Crippen LogP contribution in [0.25, 0.3) is 5.95 Å². The van der Waals surface area contributed by atoms with Crippen molar-refractivity contribution in [1.82, 2.24) is 14.5 Å². The molecule has 15 heavy (non-hydrogen) atoms. The summed E-state index contributed by atoms with van der Waals surface area (Å²) < 4.78 is 1.87. The number of anilines is 1. The molecule has 0 bridgehead atoms. The second kappa shape index (κ2) is 3.73. The Morgan fingerprint density at radius 1 is 1.27 bits per heavy atom. The van der Waals surface area contributed by atoms with Gasteiger partial charge in [-0.3, -0.25) is 4.57 Å². The third kappa shape index (κ3) is 1.83. The number of hydrogen-bond donors (Lipinski definition) is 1. The molecule has 2 rings (SSSR count). The third-order valence-corrected chi connectivity index (χ3v) is 2.22. The van der Waals surface area contributed by atoms with Crippen LogP contribution in [0.15, 0.2) is 30.7 Å². The lowest BCUT2D eigenvalue weighted by molar-refractivity contribution is 0.797. The predicted octanol–water partition coefficient (Wildman–Crippen LogP) is 1.97. The lowest BCUT2D eigenvalue weighted by atomic mass is 10.1. The first kappa shape index (κ1) is 9.71. The minimum absolute atomic E-state index is 0.308. The van der Waals surface area contributed by atoms with Crippen molar-refractivity contribution in [3.63, 3.8) is 0 Å². The molecule has 2 aromatic heterocycles. The number of hydrogen-bond acceptors (Lipinski definition) is 3. The van der Waals surface area contributed by atoms with Crippen molar-refractivity contribution in [1.29, 1.82) is 0 Å². The highest BCUT2D eigenvalue weighted by Crippen LogP contribution is 2.19. The molecule has 78 valence electrons. The second-order valence-electron chi connectivity index (χ2n) is 3.76. The van der Waals surface area contributed by atoms with E-state index < -0.39 is 0 Å². The Labute approximate surface area is 88.8 Å². The largest absolute Gasteiger partial charge is 0.396 e. The topological polar surface area (TPSA) is 56.7 Å². The molecule has 2 aromatic rings. The molecular weight excluding hydrogens is 188 g/mol. The van der Waals surface area contributed by atoms with Crippen LogP contribution in [-0.2, 0) is 0 Å². The monoisotopic (exact) mass is 202 g/mol. The second-order valence-corrected chi connectivity index (χ2v) is 3.76. The Morgan fingerprint density at radius 2 is 1.93 bits per heavy atom. The Morgan fingerprint density at radius 3 is 2.53 bits per heavy atom. The molecule has 0 aliphatic rings. The Bertz CT molecular complexity index is 446. The third-order valence-electron chi connectivity index (χ3n) is 2.22. The number of aromatic nitrogens is 3. The first-order chi connectivity index (χ1) is 7.18. The van der Waals surface area contributed by atoms with Gasteiger partial charge in [0.25, 0.3) is 0 Å². The quantitative estimate of drug-likeness (QED) is 0.810. The van der Waals surface area contributed by atoms with E-state index in [2.05, 4.69) is 23.8 Å². The molecule has 0 radical (unpaired) electrons. The van der Waals surface area contributed by atoms with E-state index in [-0.39, 0.29) is 0 Å². The van der Waals surface area contributed by atoms with Gasteiger partial charge in [0.1, 0.15) is 0 Å². The molecule has 2 N–H and O–H groups in total. The van der Waals surface area contributed by atoms with Crippen LogP contribution in [-0.4, -0.2) is 14.5 Å². The number of nitrogens with two attached hydrogens (primary N) is 1. The van der Waals surface area contributed by atoms with Crippen molar-refractivity contribution in [2.45, 2.75) is 19.8 Å². The molecule has 0 saturated heterocycles.